The molecule has 0 saturated carbocycles. The first kappa shape index (κ1) is 15.7. The minimum atomic E-state index is -0.253. The highest BCUT2D eigenvalue weighted by Crippen LogP contribution is 2.23. The zero-order chi connectivity index (χ0) is 16.6. The van der Waals surface area contributed by atoms with Crippen LogP contribution in [0.4, 0.5) is 0 Å². The molecule has 2 aromatic heterocycles. The van der Waals surface area contributed by atoms with Gasteiger partial charge in [0.2, 0.25) is 5.16 Å². The molecule has 0 bridgehead atoms. The standard InChI is InChI=1S/C17H18N4OS/c1-10-5-7-14(8-6-10)15(22)13(4)23-17-19-16-18-11(2)9-12(3)21(16)20-17/h5-9,13H,1-4H3/t13-/m0/s1. The van der Waals surface area contributed by atoms with E-state index in [0.717, 1.165) is 17.0 Å². The van der Waals surface area contributed by atoms with Crippen molar-refractivity contribution in [2.75, 3.05) is 0 Å². The van der Waals surface area contributed by atoms with Gasteiger partial charge < -0.3 is 0 Å². The smallest absolute Gasteiger partial charge is 0.253 e. The molecule has 0 fully saturated rings. The summed E-state index contributed by atoms with van der Waals surface area (Å²) in [5.74, 6) is 0.648. The van der Waals surface area contributed by atoms with Crippen LogP contribution in [0.15, 0.2) is 35.5 Å². The first-order valence-electron chi connectivity index (χ1n) is 7.42. The van der Waals surface area contributed by atoms with Crippen LogP contribution in [-0.2, 0) is 0 Å². The number of aromatic nitrogens is 4. The Morgan fingerprint density at radius 1 is 1.13 bits per heavy atom. The van der Waals surface area contributed by atoms with Crippen molar-refractivity contribution in [3.05, 3.63) is 52.8 Å². The minimum absolute atomic E-state index is 0.0784. The zero-order valence-electron chi connectivity index (χ0n) is 13.6. The largest absolute Gasteiger partial charge is 0.293 e. The summed E-state index contributed by atoms with van der Waals surface area (Å²) in [6.07, 6.45) is 0. The molecule has 0 unspecified atom stereocenters. The molecule has 23 heavy (non-hydrogen) atoms. The van der Waals surface area contributed by atoms with E-state index in [0.29, 0.717) is 16.5 Å². The predicted octanol–water partition coefficient (Wildman–Crippen LogP) is 3.41. The molecule has 0 aliphatic carbocycles. The normalized spacial score (nSPS) is 12.5. The van der Waals surface area contributed by atoms with Crippen LogP contribution >= 0.6 is 11.8 Å². The van der Waals surface area contributed by atoms with Gasteiger partial charge in [-0.2, -0.15) is 4.98 Å². The predicted molar refractivity (Wildman–Crippen MR) is 91.1 cm³/mol. The molecular weight excluding hydrogens is 308 g/mol. The van der Waals surface area contributed by atoms with Crippen molar-refractivity contribution in [1.29, 1.82) is 0 Å². The van der Waals surface area contributed by atoms with Gasteiger partial charge in [-0.05, 0) is 33.8 Å². The summed E-state index contributed by atoms with van der Waals surface area (Å²) in [7, 11) is 0. The summed E-state index contributed by atoms with van der Waals surface area (Å²) in [5.41, 5.74) is 3.73. The van der Waals surface area contributed by atoms with E-state index in [2.05, 4.69) is 15.1 Å². The number of benzene rings is 1. The molecule has 0 radical (unpaired) electrons. The van der Waals surface area contributed by atoms with E-state index >= 15 is 0 Å². The van der Waals surface area contributed by atoms with Crippen molar-refractivity contribution in [3.8, 4) is 0 Å². The van der Waals surface area contributed by atoms with Gasteiger partial charge >= 0.3 is 0 Å². The molecule has 1 aromatic carbocycles. The Morgan fingerprint density at radius 2 is 1.83 bits per heavy atom. The third kappa shape index (κ3) is 3.27. The number of carbonyl (C=O) groups excluding carboxylic acids is 1. The Kier molecular flexibility index (Phi) is 4.17. The lowest BCUT2D eigenvalue weighted by Gasteiger charge is -2.07. The summed E-state index contributed by atoms with van der Waals surface area (Å²) in [4.78, 5) is 21.3. The first-order chi connectivity index (χ1) is 10.9. The van der Waals surface area contributed by atoms with Gasteiger partial charge in [-0.15, -0.1) is 5.10 Å². The molecule has 0 spiro atoms. The molecule has 0 amide bonds. The van der Waals surface area contributed by atoms with Crippen molar-refractivity contribution in [1.82, 2.24) is 19.6 Å². The van der Waals surface area contributed by atoms with Crippen molar-refractivity contribution in [3.63, 3.8) is 0 Å². The van der Waals surface area contributed by atoms with Gasteiger partial charge in [0.1, 0.15) is 0 Å². The van der Waals surface area contributed by atoms with Crippen LogP contribution < -0.4 is 0 Å². The molecule has 3 rings (SSSR count). The lowest BCUT2D eigenvalue weighted by Crippen LogP contribution is -2.13. The summed E-state index contributed by atoms with van der Waals surface area (Å²) < 4.78 is 1.71. The maximum atomic E-state index is 12.5. The van der Waals surface area contributed by atoms with Crippen LogP contribution in [0.25, 0.3) is 5.78 Å². The molecule has 5 nitrogen and oxygen atoms in total. The fourth-order valence-electron chi connectivity index (χ4n) is 2.36. The minimum Gasteiger partial charge on any atom is -0.293 e. The fraction of sp³-hybridized carbons (Fsp3) is 0.294. The van der Waals surface area contributed by atoms with E-state index < -0.39 is 0 Å². The Hall–Kier alpha value is -2.21. The second-order valence-corrected chi connectivity index (χ2v) is 6.94. The molecule has 3 aromatic rings. The number of carbonyl (C=O) groups is 1. The Balaban J connectivity index is 1.82. The van der Waals surface area contributed by atoms with E-state index in [9.17, 15) is 4.79 Å². The summed E-state index contributed by atoms with van der Waals surface area (Å²) in [5, 5.41) is 4.75. The average molecular weight is 326 g/mol. The number of rotatable bonds is 4. The summed E-state index contributed by atoms with van der Waals surface area (Å²) in [6.45, 7) is 7.78. The van der Waals surface area contributed by atoms with Gasteiger partial charge in [-0.3, -0.25) is 4.79 Å². The lowest BCUT2D eigenvalue weighted by atomic mass is 10.1. The number of hydrogen-bond donors (Lipinski definition) is 0. The fourth-order valence-corrected chi connectivity index (χ4v) is 3.18. The third-order valence-electron chi connectivity index (χ3n) is 3.59. The van der Waals surface area contributed by atoms with Crippen LogP contribution in [0.5, 0.6) is 0 Å². The van der Waals surface area contributed by atoms with Crippen molar-refractivity contribution in [2.24, 2.45) is 0 Å². The molecule has 2 heterocycles. The molecule has 1 atom stereocenters. The van der Waals surface area contributed by atoms with Gasteiger partial charge in [-0.25, -0.2) is 9.50 Å². The third-order valence-corrected chi connectivity index (χ3v) is 4.54. The van der Waals surface area contributed by atoms with Crippen molar-refractivity contribution in [2.45, 2.75) is 38.1 Å². The molecule has 118 valence electrons. The van der Waals surface area contributed by atoms with Crippen LogP contribution in [-0.4, -0.2) is 30.6 Å². The Morgan fingerprint density at radius 3 is 2.52 bits per heavy atom. The summed E-state index contributed by atoms with van der Waals surface area (Å²) in [6, 6.07) is 9.58. The molecular formula is C17H18N4OS. The molecule has 0 N–H and O–H groups in total. The SMILES string of the molecule is Cc1ccc(C(=O)[C@H](C)Sc2nc3nc(C)cc(C)n3n2)cc1. The second kappa shape index (κ2) is 6.12. The van der Waals surface area contributed by atoms with Gasteiger partial charge in [0.05, 0.1) is 5.25 Å². The highest BCUT2D eigenvalue weighted by Gasteiger charge is 2.19. The van der Waals surface area contributed by atoms with Crippen LogP contribution in [0, 0.1) is 20.8 Å². The number of fused-ring (bicyclic) bond motifs is 1. The molecule has 0 aliphatic heterocycles. The van der Waals surface area contributed by atoms with E-state index in [4.69, 9.17) is 0 Å². The van der Waals surface area contributed by atoms with Gasteiger partial charge in [0.15, 0.2) is 5.78 Å². The van der Waals surface area contributed by atoms with Gasteiger partial charge in [-0.1, -0.05) is 41.6 Å². The van der Waals surface area contributed by atoms with Gasteiger partial charge in [0, 0.05) is 17.0 Å². The number of Topliss-reactive ketones (excluding diaryl/α,β-unsaturated/α-hetero) is 1. The summed E-state index contributed by atoms with van der Waals surface area (Å²) >= 11 is 1.36. The number of thioether (sulfide) groups is 1. The maximum absolute atomic E-state index is 12.5. The number of ketones is 1. The second-order valence-electron chi connectivity index (χ2n) is 5.64. The van der Waals surface area contributed by atoms with E-state index in [1.54, 1.807) is 4.52 Å². The Bertz CT molecular complexity index is 870. The van der Waals surface area contributed by atoms with Gasteiger partial charge in [0.25, 0.3) is 5.78 Å². The lowest BCUT2D eigenvalue weighted by molar-refractivity contribution is 0.0994. The van der Waals surface area contributed by atoms with E-state index in [1.807, 2.05) is 58.0 Å². The topological polar surface area (TPSA) is 60.2 Å². The Labute approximate surface area is 139 Å². The number of hydrogen-bond acceptors (Lipinski definition) is 5. The maximum Gasteiger partial charge on any atom is 0.253 e. The van der Waals surface area contributed by atoms with Crippen LogP contribution in [0.2, 0.25) is 0 Å². The number of aryl methyl sites for hydroxylation is 3. The highest BCUT2D eigenvalue weighted by molar-refractivity contribution is 8.00. The number of nitrogens with zero attached hydrogens (tertiary/aromatic N) is 4. The van der Waals surface area contributed by atoms with E-state index in [1.165, 1.54) is 11.8 Å². The molecule has 6 heteroatoms. The van der Waals surface area contributed by atoms with Crippen LogP contribution in [0.1, 0.15) is 34.2 Å². The van der Waals surface area contributed by atoms with Crippen molar-refractivity contribution >= 4 is 23.3 Å². The first-order valence-corrected chi connectivity index (χ1v) is 8.30. The van der Waals surface area contributed by atoms with Crippen LogP contribution in [0.3, 0.4) is 0 Å². The monoisotopic (exact) mass is 326 g/mol. The van der Waals surface area contributed by atoms with E-state index in [-0.39, 0.29) is 11.0 Å². The molecule has 0 saturated heterocycles. The van der Waals surface area contributed by atoms with Crippen molar-refractivity contribution < 1.29 is 4.79 Å². The average Bonchev–Trinajstić information content (AvgIpc) is 2.90. The quantitative estimate of drug-likeness (QED) is 0.543. The molecule has 0 aliphatic rings. The zero-order valence-corrected chi connectivity index (χ0v) is 14.4. The highest BCUT2D eigenvalue weighted by atomic mass is 32.2.